The van der Waals surface area contributed by atoms with Gasteiger partial charge in [0.05, 0.1) is 4.90 Å². The molecule has 33 heavy (non-hydrogen) atoms. The van der Waals surface area contributed by atoms with E-state index >= 15 is 0 Å². The van der Waals surface area contributed by atoms with Crippen molar-refractivity contribution < 1.29 is 18.0 Å². The van der Waals surface area contributed by atoms with Crippen LogP contribution in [-0.4, -0.2) is 55.1 Å². The molecule has 2 fully saturated rings. The van der Waals surface area contributed by atoms with Crippen LogP contribution in [0.3, 0.4) is 0 Å². The normalized spacial score (nSPS) is 20.1. The van der Waals surface area contributed by atoms with Crippen LogP contribution in [0.25, 0.3) is 0 Å². The van der Waals surface area contributed by atoms with E-state index in [9.17, 15) is 18.0 Å². The lowest BCUT2D eigenvalue weighted by Crippen LogP contribution is -2.48. The predicted molar refractivity (Wildman–Crippen MR) is 127 cm³/mol. The van der Waals surface area contributed by atoms with Crippen LogP contribution in [0.15, 0.2) is 53.4 Å². The van der Waals surface area contributed by atoms with Gasteiger partial charge in [0.1, 0.15) is 6.04 Å². The fourth-order valence-electron chi connectivity index (χ4n) is 4.69. The Hall–Kier alpha value is -2.71. The van der Waals surface area contributed by atoms with Crippen molar-refractivity contribution in [2.45, 2.75) is 50.5 Å². The molecule has 2 aromatic carbocycles. The van der Waals surface area contributed by atoms with Gasteiger partial charge < -0.3 is 10.2 Å². The molecule has 8 heteroatoms. The van der Waals surface area contributed by atoms with E-state index < -0.39 is 16.1 Å². The Morgan fingerprint density at radius 1 is 0.909 bits per heavy atom. The lowest BCUT2D eigenvalue weighted by Gasteiger charge is -2.34. The van der Waals surface area contributed by atoms with Gasteiger partial charge in [-0.3, -0.25) is 9.59 Å². The first-order valence-electron chi connectivity index (χ1n) is 11.5. The van der Waals surface area contributed by atoms with E-state index in [0.29, 0.717) is 38.9 Å². The summed E-state index contributed by atoms with van der Waals surface area (Å²) in [4.78, 5) is 28.1. The second-order valence-electron chi connectivity index (χ2n) is 9.04. The van der Waals surface area contributed by atoms with Crippen LogP contribution in [0.1, 0.15) is 36.8 Å². The van der Waals surface area contributed by atoms with Crippen LogP contribution in [0, 0.1) is 19.8 Å². The van der Waals surface area contributed by atoms with Crippen LogP contribution in [0.5, 0.6) is 0 Å². The summed E-state index contributed by atoms with van der Waals surface area (Å²) in [7, 11) is -3.56. The summed E-state index contributed by atoms with van der Waals surface area (Å²) in [5.41, 5.74) is 2.79. The monoisotopic (exact) mass is 469 g/mol. The lowest BCUT2D eigenvalue weighted by atomic mass is 9.96. The third kappa shape index (κ3) is 5.12. The van der Waals surface area contributed by atoms with Crippen molar-refractivity contribution in [1.82, 2.24) is 9.21 Å². The maximum Gasteiger partial charge on any atom is 0.247 e. The molecule has 1 atom stereocenters. The number of carbonyl (C=O) groups excluding carboxylic acids is 2. The number of amides is 2. The number of likely N-dealkylation sites (tertiary alicyclic amines) is 1. The number of nitrogens with one attached hydrogen (secondary N) is 1. The van der Waals surface area contributed by atoms with Crippen molar-refractivity contribution in [2.75, 3.05) is 25.0 Å². The zero-order valence-electron chi connectivity index (χ0n) is 19.2. The number of piperidine rings is 1. The highest BCUT2D eigenvalue weighted by Crippen LogP contribution is 2.28. The Bertz CT molecular complexity index is 1120. The Balaban J connectivity index is 1.37. The van der Waals surface area contributed by atoms with Crippen molar-refractivity contribution >= 4 is 27.5 Å². The van der Waals surface area contributed by atoms with Crippen molar-refractivity contribution in [2.24, 2.45) is 5.92 Å². The molecule has 2 amide bonds. The number of aryl methyl sites for hydroxylation is 2. The fraction of sp³-hybridized carbons (Fsp3) is 0.440. The number of benzene rings is 2. The van der Waals surface area contributed by atoms with E-state index in [4.69, 9.17) is 0 Å². The molecule has 4 rings (SSSR count). The van der Waals surface area contributed by atoms with E-state index in [1.165, 1.54) is 4.31 Å². The summed E-state index contributed by atoms with van der Waals surface area (Å²) in [5, 5.41) is 2.94. The molecule has 0 bridgehead atoms. The van der Waals surface area contributed by atoms with Crippen molar-refractivity contribution in [3.63, 3.8) is 0 Å². The molecule has 2 aliphatic rings. The van der Waals surface area contributed by atoms with E-state index in [1.807, 2.05) is 38.1 Å². The smallest absolute Gasteiger partial charge is 0.247 e. The number of sulfonamides is 1. The molecule has 2 aliphatic heterocycles. The van der Waals surface area contributed by atoms with Gasteiger partial charge in [0.25, 0.3) is 0 Å². The fourth-order valence-corrected chi connectivity index (χ4v) is 6.16. The largest absolute Gasteiger partial charge is 0.330 e. The number of rotatable bonds is 5. The van der Waals surface area contributed by atoms with Gasteiger partial charge in [-0.15, -0.1) is 0 Å². The summed E-state index contributed by atoms with van der Waals surface area (Å²) in [6, 6.07) is 14.0. The number of hydrogen-bond acceptors (Lipinski definition) is 4. The quantitative estimate of drug-likeness (QED) is 0.728. The molecule has 0 radical (unpaired) electrons. The van der Waals surface area contributed by atoms with E-state index in [-0.39, 0.29) is 22.6 Å². The molecule has 1 unspecified atom stereocenters. The van der Waals surface area contributed by atoms with E-state index in [1.54, 1.807) is 29.2 Å². The van der Waals surface area contributed by atoms with Crippen molar-refractivity contribution in [1.29, 1.82) is 0 Å². The summed E-state index contributed by atoms with van der Waals surface area (Å²) < 4.78 is 27.4. The van der Waals surface area contributed by atoms with Crippen molar-refractivity contribution in [3.8, 4) is 0 Å². The molecule has 2 aromatic rings. The Labute approximate surface area is 195 Å². The zero-order valence-corrected chi connectivity index (χ0v) is 20.0. The van der Waals surface area contributed by atoms with Crippen LogP contribution >= 0.6 is 0 Å². The summed E-state index contributed by atoms with van der Waals surface area (Å²) in [5.74, 6) is -0.461. The minimum atomic E-state index is -3.56. The maximum absolute atomic E-state index is 13.3. The van der Waals surface area contributed by atoms with Gasteiger partial charge in [0, 0.05) is 31.2 Å². The van der Waals surface area contributed by atoms with Crippen molar-refractivity contribution in [3.05, 3.63) is 59.7 Å². The highest BCUT2D eigenvalue weighted by atomic mass is 32.2. The van der Waals surface area contributed by atoms with Gasteiger partial charge >= 0.3 is 0 Å². The molecular formula is C25H31N3O4S. The van der Waals surface area contributed by atoms with E-state index in [0.717, 1.165) is 23.2 Å². The SMILES string of the molecule is Cc1ccc(S(=O)(=O)N2CCC(C(=O)N3CCCC3C(=O)Nc3cccc(C)c3)CC2)cc1. The summed E-state index contributed by atoms with van der Waals surface area (Å²) in [6.45, 7) is 5.06. The highest BCUT2D eigenvalue weighted by Gasteiger charge is 2.39. The lowest BCUT2D eigenvalue weighted by molar-refractivity contribution is -0.141. The van der Waals surface area contributed by atoms with Gasteiger partial charge in [-0.25, -0.2) is 8.42 Å². The molecule has 0 aliphatic carbocycles. The van der Waals surface area contributed by atoms with Gasteiger partial charge in [0.2, 0.25) is 21.8 Å². The Morgan fingerprint density at radius 2 is 1.61 bits per heavy atom. The highest BCUT2D eigenvalue weighted by molar-refractivity contribution is 7.89. The van der Waals surface area contributed by atoms with Crippen LogP contribution in [-0.2, 0) is 19.6 Å². The second kappa shape index (κ2) is 9.65. The first-order chi connectivity index (χ1) is 15.8. The average molecular weight is 470 g/mol. The predicted octanol–water partition coefficient (Wildman–Crippen LogP) is 3.33. The number of nitrogens with zero attached hydrogens (tertiary/aromatic N) is 2. The number of hydrogen-bond donors (Lipinski definition) is 1. The standard InChI is InChI=1S/C25H31N3O4S/c1-18-8-10-22(11-9-18)33(31,32)27-15-12-20(13-16-27)25(30)28-14-4-7-23(28)24(29)26-21-6-3-5-19(2)17-21/h3,5-6,8-11,17,20,23H,4,7,12-16H2,1-2H3,(H,26,29). The van der Waals surface area contributed by atoms with Crippen LogP contribution in [0.2, 0.25) is 0 Å². The van der Waals surface area contributed by atoms with Gasteiger partial charge in [-0.05, 0) is 69.4 Å². The molecule has 7 nitrogen and oxygen atoms in total. The number of anilines is 1. The molecule has 0 saturated carbocycles. The second-order valence-corrected chi connectivity index (χ2v) is 11.0. The topological polar surface area (TPSA) is 86.8 Å². The minimum absolute atomic E-state index is 0.0377. The first kappa shape index (κ1) is 23.4. The zero-order chi connectivity index (χ0) is 23.6. The maximum atomic E-state index is 13.3. The summed E-state index contributed by atoms with van der Waals surface area (Å²) >= 11 is 0. The molecule has 176 valence electrons. The summed E-state index contributed by atoms with van der Waals surface area (Å²) in [6.07, 6.45) is 2.36. The van der Waals surface area contributed by atoms with E-state index in [2.05, 4.69) is 5.32 Å². The molecule has 0 spiro atoms. The van der Waals surface area contributed by atoms with Gasteiger partial charge in [-0.2, -0.15) is 4.31 Å². The first-order valence-corrected chi connectivity index (χ1v) is 12.9. The van der Waals surface area contributed by atoms with Gasteiger partial charge in [0.15, 0.2) is 0 Å². The average Bonchev–Trinajstić information content (AvgIpc) is 3.29. The van der Waals surface area contributed by atoms with Gasteiger partial charge in [-0.1, -0.05) is 29.8 Å². The molecular weight excluding hydrogens is 438 g/mol. The molecule has 2 heterocycles. The molecule has 1 N–H and O–H groups in total. The Morgan fingerprint density at radius 3 is 2.27 bits per heavy atom. The van der Waals surface area contributed by atoms with Crippen LogP contribution < -0.4 is 5.32 Å². The molecule has 0 aromatic heterocycles. The third-order valence-corrected chi connectivity index (χ3v) is 8.50. The third-order valence-electron chi connectivity index (χ3n) is 6.59. The molecule has 2 saturated heterocycles. The minimum Gasteiger partial charge on any atom is -0.330 e. The Kier molecular flexibility index (Phi) is 6.86. The van der Waals surface area contributed by atoms with Crippen LogP contribution in [0.4, 0.5) is 5.69 Å². The number of carbonyl (C=O) groups is 2.